The summed E-state index contributed by atoms with van der Waals surface area (Å²) in [5.74, 6) is -0.358. The molecule has 0 saturated heterocycles. The molecule has 1 aromatic carbocycles. The van der Waals surface area contributed by atoms with E-state index in [0.29, 0.717) is 20.3 Å². The molecule has 1 atom stereocenters. The molecular formula is C26H36F3N5O8S. The number of ether oxygens (including phenoxy) is 3. The van der Waals surface area contributed by atoms with Crippen LogP contribution in [0.15, 0.2) is 29.3 Å². The summed E-state index contributed by atoms with van der Waals surface area (Å²) in [5, 5.41) is 18.6. The van der Waals surface area contributed by atoms with Gasteiger partial charge in [0.2, 0.25) is 11.5 Å². The average Bonchev–Trinajstić information content (AvgIpc) is 3.30. The maximum Gasteiger partial charge on any atom is 0.427 e. The molecular weight excluding hydrogens is 599 g/mol. The summed E-state index contributed by atoms with van der Waals surface area (Å²) in [4.78, 5) is 23.5. The van der Waals surface area contributed by atoms with Crippen molar-refractivity contribution in [3.63, 3.8) is 0 Å². The van der Waals surface area contributed by atoms with Crippen molar-refractivity contribution in [3.8, 4) is 11.6 Å². The molecule has 17 heteroatoms. The highest BCUT2D eigenvalue weighted by Gasteiger charge is 2.51. The van der Waals surface area contributed by atoms with Crippen LogP contribution in [0.2, 0.25) is 0 Å². The molecule has 2 amide bonds. The molecule has 0 radical (unpaired) electrons. The van der Waals surface area contributed by atoms with Gasteiger partial charge in [-0.3, -0.25) is 19.1 Å². The Morgan fingerprint density at radius 1 is 1.21 bits per heavy atom. The van der Waals surface area contributed by atoms with E-state index in [1.54, 1.807) is 6.92 Å². The second kappa shape index (κ2) is 12.5. The van der Waals surface area contributed by atoms with Gasteiger partial charge in [-0.1, -0.05) is 0 Å². The van der Waals surface area contributed by atoms with Crippen molar-refractivity contribution in [2.75, 3.05) is 36.0 Å². The van der Waals surface area contributed by atoms with Gasteiger partial charge in [-0.2, -0.15) is 13.2 Å². The first-order valence-electron chi connectivity index (χ1n) is 13.3. The van der Waals surface area contributed by atoms with E-state index in [-0.39, 0.29) is 53.6 Å². The van der Waals surface area contributed by atoms with E-state index in [1.807, 2.05) is 13.8 Å². The first-order valence-corrected chi connectivity index (χ1v) is 14.7. The SMILES string of the molecule is CC(=O)NC(C)(C)CC(C)n1cc(S(=O)(=O)N2CCOc3ccc(NC(=O)OC(C)(C)C(F)(F)F)cc32)c(OCCO)n1. The van der Waals surface area contributed by atoms with E-state index in [2.05, 4.69) is 20.5 Å². The van der Waals surface area contributed by atoms with Crippen molar-refractivity contribution >= 4 is 33.4 Å². The van der Waals surface area contributed by atoms with Gasteiger partial charge >= 0.3 is 12.3 Å². The maximum atomic E-state index is 14.0. The minimum Gasteiger partial charge on any atom is -0.489 e. The van der Waals surface area contributed by atoms with Crippen molar-refractivity contribution in [1.82, 2.24) is 15.1 Å². The molecule has 3 rings (SSSR count). The fourth-order valence-corrected chi connectivity index (χ4v) is 5.95. The minimum atomic E-state index is -4.82. The van der Waals surface area contributed by atoms with Gasteiger partial charge in [0.05, 0.1) is 24.9 Å². The smallest absolute Gasteiger partial charge is 0.427 e. The van der Waals surface area contributed by atoms with Crippen LogP contribution in [-0.4, -0.2) is 79.0 Å². The Morgan fingerprint density at radius 2 is 1.88 bits per heavy atom. The fourth-order valence-electron chi connectivity index (χ4n) is 4.44. The second-order valence-corrected chi connectivity index (χ2v) is 12.9. The van der Waals surface area contributed by atoms with E-state index in [4.69, 9.17) is 9.47 Å². The number of nitrogens with zero attached hydrogens (tertiary/aromatic N) is 3. The maximum absolute atomic E-state index is 14.0. The number of alkyl halides is 3. The van der Waals surface area contributed by atoms with E-state index < -0.39 is 46.1 Å². The fraction of sp³-hybridized carbons (Fsp3) is 0.577. The van der Waals surface area contributed by atoms with Crippen LogP contribution in [0.5, 0.6) is 11.6 Å². The quantitative estimate of drug-likeness (QED) is 0.335. The van der Waals surface area contributed by atoms with E-state index in [1.165, 1.54) is 36.0 Å². The normalized spacial score (nSPS) is 14.8. The number of carbonyl (C=O) groups excluding carboxylic acids is 2. The number of aliphatic hydroxyl groups excluding tert-OH is 1. The Bertz CT molecular complexity index is 1440. The summed E-state index contributed by atoms with van der Waals surface area (Å²) in [6, 6.07) is 3.51. The van der Waals surface area contributed by atoms with Gasteiger partial charge in [0.1, 0.15) is 19.0 Å². The molecule has 43 heavy (non-hydrogen) atoms. The van der Waals surface area contributed by atoms with Crippen LogP contribution in [0.3, 0.4) is 0 Å². The number of rotatable bonds is 11. The largest absolute Gasteiger partial charge is 0.489 e. The molecule has 0 bridgehead atoms. The van der Waals surface area contributed by atoms with Crippen LogP contribution >= 0.6 is 0 Å². The van der Waals surface area contributed by atoms with E-state index in [9.17, 15) is 36.3 Å². The number of carbonyl (C=O) groups is 2. The summed E-state index contributed by atoms with van der Waals surface area (Å²) in [6.07, 6.45) is -4.56. The number of hydrogen-bond donors (Lipinski definition) is 3. The number of hydrogen-bond acceptors (Lipinski definition) is 9. The summed E-state index contributed by atoms with van der Waals surface area (Å²) in [6.45, 7) is 7.35. The number of halogens is 3. The molecule has 1 aliphatic heterocycles. The third-order valence-corrected chi connectivity index (χ3v) is 8.19. The topological polar surface area (TPSA) is 161 Å². The highest BCUT2D eigenvalue weighted by atomic mass is 32.2. The lowest BCUT2D eigenvalue weighted by molar-refractivity contribution is -0.242. The zero-order chi connectivity index (χ0) is 32.4. The lowest BCUT2D eigenvalue weighted by atomic mass is 9.96. The Labute approximate surface area is 247 Å². The van der Waals surface area contributed by atoms with Crippen molar-refractivity contribution in [3.05, 3.63) is 24.4 Å². The van der Waals surface area contributed by atoms with Crippen LogP contribution in [0.1, 0.15) is 54.0 Å². The van der Waals surface area contributed by atoms with E-state index in [0.717, 1.165) is 4.31 Å². The molecule has 0 spiro atoms. The Hall–Kier alpha value is -3.73. The zero-order valence-electron chi connectivity index (χ0n) is 24.6. The third-order valence-electron chi connectivity index (χ3n) is 6.39. The second-order valence-electron chi connectivity index (χ2n) is 11.1. The Morgan fingerprint density at radius 3 is 2.49 bits per heavy atom. The van der Waals surface area contributed by atoms with Crippen LogP contribution in [0, 0.1) is 0 Å². The predicted molar refractivity (Wildman–Crippen MR) is 149 cm³/mol. The summed E-state index contributed by atoms with van der Waals surface area (Å²) >= 11 is 0. The minimum absolute atomic E-state index is 0.000158. The Kier molecular flexibility index (Phi) is 9.80. The lowest BCUT2D eigenvalue weighted by Crippen LogP contribution is -2.44. The number of sulfonamides is 1. The monoisotopic (exact) mass is 635 g/mol. The molecule has 0 aliphatic carbocycles. The number of anilines is 2. The number of fused-ring (bicyclic) bond motifs is 1. The van der Waals surface area contributed by atoms with E-state index >= 15 is 0 Å². The number of aromatic nitrogens is 2. The van der Waals surface area contributed by atoms with Crippen LogP contribution < -0.4 is 24.4 Å². The van der Waals surface area contributed by atoms with Crippen LogP contribution in [0.4, 0.5) is 29.3 Å². The number of aliphatic hydroxyl groups is 1. The van der Waals surface area contributed by atoms with Crippen molar-refractivity contribution in [1.29, 1.82) is 0 Å². The van der Waals surface area contributed by atoms with Crippen molar-refractivity contribution in [2.24, 2.45) is 0 Å². The molecule has 1 aliphatic rings. The molecule has 3 N–H and O–H groups in total. The summed E-state index contributed by atoms with van der Waals surface area (Å²) in [7, 11) is -4.40. The zero-order valence-corrected chi connectivity index (χ0v) is 25.4. The molecule has 0 fully saturated rings. The molecule has 240 valence electrons. The van der Waals surface area contributed by atoms with Gasteiger partial charge < -0.3 is 24.6 Å². The van der Waals surface area contributed by atoms with Gasteiger partial charge in [-0.05, 0) is 59.2 Å². The molecule has 2 aromatic rings. The number of benzene rings is 1. The van der Waals surface area contributed by atoms with Crippen LogP contribution in [0.25, 0.3) is 0 Å². The summed E-state index contributed by atoms with van der Waals surface area (Å²) < 4.78 is 85.5. The number of nitrogens with one attached hydrogen (secondary N) is 2. The van der Waals surface area contributed by atoms with Crippen LogP contribution in [-0.2, 0) is 19.6 Å². The highest BCUT2D eigenvalue weighted by molar-refractivity contribution is 7.93. The molecule has 1 aromatic heterocycles. The predicted octanol–water partition coefficient (Wildman–Crippen LogP) is 3.60. The first kappa shape index (κ1) is 33.8. The average molecular weight is 636 g/mol. The van der Waals surface area contributed by atoms with Gasteiger partial charge in [0.15, 0.2) is 4.90 Å². The van der Waals surface area contributed by atoms with Gasteiger partial charge in [0.25, 0.3) is 15.9 Å². The number of amides is 2. The van der Waals surface area contributed by atoms with Crippen molar-refractivity contribution in [2.45, 2.75) is 76.2 Å². The lowest BCUT2D eigenvalue weighted by Gasteiger charge is -2.31. The highest BCUT2D eigenvalue weighted by Crippen LogP contribution is 2.40. The molecule has 13 nitrogen and oxygen atoms in total. The van der Waals surface area contributed by atoms with Gasteiger partial charge in [0, 0.05) is 24.3 Å². The van der Waals surface area contributed by atoms with Crippen molar-refractivity contribution < 1.29 is 50.5 Å². The molecule has 2 heterocycles. The van der Waals surface area contributed by atoms with Gasteiger partial charge in [-0.15, -0.1) is 5.10 Å². The molecule has 1 unspecified atom stereocenters. The van der Waals surface area contributed by atoms with Gasteiger partial charge in [-0.25, -0.2) is 13.2 Å². The Balaban J connectivity index is 1.95. The molecule has 0 saturated carbocycles. The third kappa shape index (κ3) is 8.01. The summed E-state index contributed by atoms with van der Waals surface area (Å²) in [5.41, 5.74) is -3.47. The first-order chi connectivity index (χ1) is 19.8. The standard InChI is InChI=1S/C26H36F3N5O8S/c1-16(14-24(3,4)31-17(2)36)33-15-21(22(32-33)41-12-10-35)43(38,39)34-9-11-40-20-8-7-18(13-19(20)34)30-23(37)42-25(5,6)26(27,28)29/h7-8,13,15-16,35H,9-12,14H2,1-6H3,(H,30,37)(H,31,36).